The fraction of sp³-hybridized carbons (Fsp3) is 0.533. The van der Waals surface area contributed by atoms with Gasteiger partial charge in [-0.3, -0.25) is 0 Å². The van der Waals surface area contributed by atoms with Crippen molar-refractivity contribution in [2.45, 2.75) is 45.1 Å². The van der Waals surface area contributed by atoms with Crippen LogP contribution in [-0.2, 0) is 0 Å². The van der Waals surface area contributed by atoms with Crippen LogP contribution < -0.4 is 5.32 Å². The fourth-order valence-electron chi connectivity index (χ4n) is 2.85. The summed E-state index contributed by atoms with van der Waals surface area (Å²) in [5.74, 6) is 0.716. The van der Waals surface area contributed by atoms with Gasteiger partial charge in [0.2, 0.25) is 0 Å². The molecule has 0 bridgehead atoms. The number of halogens is 1. The van der Waals surface area contributed by atoms with E-state index in [9.17, 15) is 4.39 Å². The summed E-state index contributed by atoms with van der Waals surface area (Å²) in [6, 6.07) is 5.32. The molecule has 0 unspecified atom stereocenters. The van der Waals surface area contributed by atoms with Crippen molar-refractivity contribution < 1.29 is 4.39 Å². The van der Waals surface area contributed by atoms with E-state index in [1.165, 1.54) is 38.2 Å². The van der Waals surface area contributed by atoms with Crippen LogP contribution in [0.2, 0.25) is 0 Å². The van der Waals surface area contributed by atoms with Gasteiger partial charge >= 0.3 is 0 Å². The number of thiazole rings is 1. The Morgan fingerprint density at radius 1 is 1.32 bits per heavy atom. The van der Waals surface area contributed by atoms with Crippen LogP contribution in [0, 0.1) is 11.7 Å². The minimum absolute atomic E-state index is 0.189. The second-order valence-electron chi connectivity index (χ2n) is 5.40. The van der Waals surface area contributed by atoms with Gasteiger partial charge in [0.1, 0.15) is 5.82 Å². The third-order valence-corrected chi connectivity index (χ3v) is 5.05. The van der Waals surface area contributed by atoms with Crippen molar-refractivity contribution in [1.82, 2.24) is 4.98 Å². The molecule has 1 N–H and O–H groups in total. The van der Waals surface area contributed by atoms with Gasteiger partial charge in [0.25, 0.3) is 0 Å². The standard InChI is InChI=1S/C15H19FN2S/c1-2-10-3-6-12(7-4-10)17-15-18-13-8-5-11(16)9-14(13)19-15/h5,8-10,12H,2-4,6-7H2,1H3,(H,17,18). The average Bonchev–Trinajstić information content (AvgIpc) is 2.81. The molecule has 0 radical (unpaired) electrons. The van der Waals surface area contributed by atoms with Gasteiger partial charge < -0.3 is 5.32 Å². The molecule has 4 heteroatoms. The van der Waals surface area contributed by atoms with Crippen molar-refractivity contribution in [1.29, 1.82) is 0 Å². The van der Waals surface area contributed by atoms with Gasteiger partial charge in [0, 0.05) is 6.04 Å². The van der Waals surface area contributed by atoms with Crippen LogP contribution in [0.1, 0.15) is 39.0 Å². The molecule has 0 atom stereocenters. The molecule has 0 aliphatic heterocycles. The van der Waals surface area contributed by atoms with E-state index in [0.717, 1.165) is 21.3 Å². The van der Waals surface area contributed by atoms with E-state index in [1.807, 2.05) is 0 Å². The van der Waals surface area contributed by atoms with Crippen LogP contribution in [-0.4, -0.2) is 11.0 Å². The first-order valence-electron chi connectivity index (χ1n) is 7.07. The van der Waals surface area contributed by atoms with E-state index in [0.29, 0.717) is 6.04 Å². The van der Waals surface area contributed by atoms with Crippen molar-refractivity contribution in [3.05, 3.63) is 24.0 Å². The van der Waals surface area contributed by atoms with Crippen LogP contribution in [0.25, 0.3) is 10.2 Å². The lowest BCUT2D eigenvalue weighted by Crippen LogP contribution is -2.25. The maximum Gasteiger partial charge on any atom is 0.184 e. The summed E-state index contributed by atoms with van der Waals surface area (Å²) in [5, 5.41) is 4.45. The first-order valence-corrected chi connectivity index (χ1v) is 7.89. The monoisotopic (exact) mass is 278 g/mol. The number of nitrogens with zero attached hydrogens (tertiary/aromatic N) is 1. The lowest BCUT2D eigenvalue weighted by Gasteiger charge is -2.28. The van der Waals surface area contributed by atoms with E-state index < -0.39 is 0 Å². The van der Waals surface area contributed by atoms with Crippen molar-refractivity contribution in [2.24, 2.45) is 5.92 Å². The summed E-state index contributed by atoms with van der Waals surface area (Å²) in [4.78, 5) is 4.53. The molecule has 0 saturated heterocycles. The number of hydrogen-bond acceptors (Lipinski definition) is 3. The zero-order valence-corrected chi connectivity index (χ0v) is 12.0. The topological polar surface area (TPSA) is 24.9 Å². The summed E-state index contributed by atoms with van der Waals surface area (Å²) in [6.07, 6.45) is 6.38. The van der Waals surface area contributed by atoms with Crippen molar-refractivity contribution in [3.63, 3.8) is 0 Å². The van der Waals surface area contributed by atoms with E-state index in [1.54, 1.807) is 23.5 Å². The third-order valence-electron chi connectivity index (χ3n) is 4.10. The molecule has 1 saturated carbocycles. The van der Waals surface area contributed by atoms with Gasteiger partial charge in [-0.15, -0.1) is 0 Å². The Bertz CT molecular complexity index is 558. The Morgan fingerprint density at radius 3 is 2.84 bits per heavy atom. The number of nitrogens with one attached hydrogen (secondary N) is 1. The smallest absolute Gasteiger partial charge is 0.184 e. The highest BCUT2D eigenvalue weighted by atomic mass is 32.1. The summed E-state index contributed by atoms with van der Waals surface area (Å²) in [5.41, 5.74) is 0.885. The molecule has 19 heavy (non-hydrogen) atoms. The first kappa shape index (κ1) is 12.9. The van der Waals surface area contributed by atoms with E-state index in [4.69, 9.17) is 0 Å². The predicted molar refractivity (Wildman–Crippen MR) is 79.2 cm³/mol. The van der Waals surface area contributed by atoms with Gasteiger partial charge in [-0.2, -0.15) is 0 Å². The summed E-state index contributed by atoms with van der Waals surface area (Å²) < 4.78 is 14.1. The molecular formula is C15H19FN2S. The highest BCUT2D eigenvalue weighted by Gasteiger charge is 2.20. The molecule has 1 heterocycles. The van der Waals surface area contributed by atoms with Gasteiger partial charge in [0.05, 0.1) is 10.2 Å². The van der Waals surface area contributed by atoms with Crippen LogP contribution in [0.3, 0.4) is 0 Å². The molecule has 0 amide bonds. The average molecular weight is 278 g/mol. The predicted octanol–water partition coefficient (Wildman–Crippen LogP) is 4.82. The molecular weight excluding hydrogens is 259 g/mol. The maximum atomic E-state index is 13.1. The molecule has 1 aromatic carbocycles. The molecule has 1 fully saturated rings. The summed E-state index contributed by atoms with van der Waals surface area (Å²) >= 11 is 1.55. The highest BCUT2D eigenvalue weighted by Crippen LogP contribution is 2.31. The minimum Gasteiger partial charge on any atom is -0.359 e. The summed E-state index contributed by atoms with van der Waals surface area (Å²) in [6.45, 7) is 2.28. The zero-order chi connectivity index (χ0) is 13.2. The fourth-order valence-corrected chi connectivity index (χ4v) is 3.82. The number of hydrogen-bond donors (Lipinski definition) is 1. The Labute approximate surface area is 117 Å². The number of fused-ring (bicyclic) bond motifs is 1. The quantitative estimate of drug-likeness (QED) is 0.871. The van der Waals surface area contributed by atoms with Crippen LogP contribution >= 0.6 is 11.3 Å². The van der Waals surface area contributed by atoms with E-state index in [-0.39, 0.29) is 5.82 Å². The Morgan fingerprint density at radius 2 is 2.11 bits per heavy atom. The highest BCUT2D eigenvalue weighted by molar-refractivity contribution is 7.22. The van der Waals surface area contributed by atoms with Gasteiger partial charge in [-0.1, -0.05) is 24.7 Å². The van der Waals surface area contributed by atoms with Gasteiger partial charge in [-0.05, 0) is 49.8 Å². The Balaban J connectivity index is 1.68. The minimum atomic E-state index is -0.189. The molecule has 1 aliphatic carbocycles. The van der Waals surface area contributed by atoms with Crippen LogP contribution in [0.4, 0.5) is 9.52 Å². The van der Waals surface area contributed by atoms with E-state index in [2.05, 4.69) is 17.2 Å². The van der Waals surface area contributed by atoms with E-state index >= 15 is 0 Å². The molecule has 102 valence electrons. The molecule has 1 aliphatic rings. The number of rotatable bonds is 3. The maximum absolute atomic E-state index is 13.1. The lowest BCUT2D eigenvalue weighted by atomic mass is 9.85. The number of aromatic nitrogens is 1. The molecule has 3 rings (SSSR count). The van der Waals surface area contributed by atoms with Crippen LogP contribution in [0.15, 0.2) is 18.2 Å². The Hall–Kier alpha value is -1.16. The largest absolute Gasteiger partial charge is 0.359 e. The zero-order valence-electron chi connectivity index (χ0n) is 11.2. The SMILES string of the molecule is CCC1CCC(Nc2nc3ccc(F)cc3s2)CC1. The number of benzene rings is 1. The lowest BCUT2D eigenvalue weighted by molar-refractivity contribution is 0.330. The van der Waals surface area contributed by atoms with Gasteiger partial charge in [-0.25, -0.2) is 9.37 Å². The Kier molecular flexibility index (Phi) is 3.69. The second-order valence-corrected chi connectivity index (χ2v) is 6.43. The number of anilines is 1. The molecule has 2 aromatic rings. The normalized spacial score (nSPS) is 23.7. The molecule has 1 aromatic heterocycles. The molecule has 2 nitrogen and oxygen atoms in total. The second kappa shape index (κ2) is 5.45. The first-order chi connectivity index (χ1) is 9.24. The summed E-state index contributed by atoms with van der Waals surface area (Å²) in [7, 11) is 0. The third kappa shape index (κ3) is 2.89. The van der Waals surface area contributed by atoms with Crippen LogP contribution in [0.5, 0.6) is 0 Å². The van der Waals surface area contributed by atoms with Crippen molar-refractivity contribution >= 4 is 26.7 Å². The van der Waals surface area contributed by atoms with Crippen molar-refractivity contribution in [2.75, 3.05) is 5.32 Å². The van der Waals surface area contributed by atoms with Gasteiger partial charge in [0.15, 0.2) is 5.13 Å². The molecule has 0 spiro atoms. The van der Waals surface area contributed by atoms with Crippen molar-refractivity contribution in [3.8, 4) is 0 Å².